The molecule has 0 radical (unpaired) electrons. The fourth-order valence-corrected chi connectivity index (χ4v) is 2.23. The molecule has 3 heterocycles. The van der Waals surface area contributed by atoms with Gasteiger partial charge in [-0.25, -0.2) is 9.59 Å². The normalized spacial score (nSPS) is 33.5. The average Bonchev–Trinajstić information content (AvgIpc) is 2.98. The van der Waals surface area contributed by atoms with Gasteiger partial charge in [0.05, 0.1) is 7.98 Å². The number of ether oxygens (including phenoxy) is 3. The highest BCUT2D eigenvalue weighted by Crippen LogP contribution is 2.36. The maximum atomic E-state index is 11.9. The van der Waals surface area contributed by atoms with Gasteiger partial charge < -0.3 is 24.5 Å². The molecule has 0 bridgehead atoms. The second-order valence-corrected chi connectivity index (χ2v) is 4.22. The molecule has 3 rings (SSSR count). The molecule has 3 N–H and O–H groups in total. The standard InChI is InChI=1S/C10H11N3O7/c14-3-4-6-7(20-10(16)19-6)8(18-4)13-2-1-5(12-17)11-9(13)15/h1-2,4,6-8,14,17H,3H2,(H,11,12,15)/t4-,6-,7-,8-/m1/s1/i1D. The van der Waals surface area contributed by atoms with E-state index < -0.39 is 43.0 Å². The molecule has 0 aliphatic carbocycles. The first-order valence-corrected chi connectivity index (χ1v) is 5.69. The van der Waals surface area contributed by atoms with Crippen LogP contribution in [0, 0.1) is 0 Å². The van der Waals surface area contributed by atoms with Crippen molar-refractivity contribution in [1.29, 1.82) is 0 Å². The minimum atomic E-state index is -1.06. The van der Waals surface area contributed by atoms with Crippen LogP contribution in [0.15, 0.2) is 22.2 Å². The van der Waals surface area contributed by atoms with Crippen LogP contribution in [-0.2, 0) is 14.2 Å². The summed E-state index contributed by atoms with van der Waals surface area (Å²) in [6.45, 7) is -0.426. The fourth-order valence-electron chi connectivity index (χ4n) is 2.23. The molecule has 0 amide bonds. The Kier molecular flexibility index (Phi) is 2.67. The van der Waals surface area contributed by atoms with Crippen molar-refractivity contribution in [2.45, 2.75) is 24.5 Å². The summed E-state index contributed by atoms with van der Waals surface area (Å²) in [6.07, 6.45) is -3.50. The zero-order chi connectivity index (χ0) is 15.1. The molecule has 2 aliphatic rings. The highest BCUT2D eigenvalue weighted by atomic mass is 16.8. The van der Waals surface area contributed by atoms with Gasteiger partial charge in [0.15, 0.2) is 23.9 Å². The number of nitrogens with one attached hydrogen (secondary N) is 1. The molecule has 0 aromatic carbocycles. The summed E-state index contributed by atoms with van der Waals surface area (Å²) in [5.74, 6) is 0. The number of hydrogen-bond donors (Lipinski definition) is 3. The first kappa shape index (κ1) is 11.5. The number of carbonyl (C=O) groups is 1. The number of nitrogens with zero attached hydrogens (tertiary/aromatic N) is 2. The first-order chi connectivity index (χ1) is 10.0. The van der Waals surface area contributed by atoms with Crippen LogP contribution in [0.4, 0.5) is 4.79 Å². The Bertz CT molecular complexity index is 699. The molecular weight excluding hydrogens is 274 g/mol. The van der Waals surface area contributed by atoms with Crippen LogP contribution in [0.25, 0.3) is 0 Å². The van der Waals surface area contributed by atoms with Gasteiger partial charge in [0.2, 0.25) is 0 Å². The number of rotatable bonds is 2. The Labute approximate surface area is 112 Å². The summed E-state index contributed by atoms with van der Waals surface area (Å²) in [6, 6.07) is -0.269. The maximum Gasteiger partial charge on any atom is 0.509 e. The lowest BCUT2D eigenvalue weighted by Gasteiger charge is -2.17. The highest BCUT2D eigenvalue weighted by Gasteiger charge is 2.54. The first-order valence-electron chi connectivity index (χ1n) is 6.19. The van der Waals surface area contributed by atoms with Gasteiger partial charge in [0.25, 0.3) is 0 Å². The van der Waals surface area contributed by atoms with Gasteiger partial charge in [-0.2, -0.15) is 0 Å². The molecule has 10 nitrogen and oxygen atoms in total. The lowest BCUT2D eigenvalue weighted by molar-refractivity contribution is -0.0736. The molecule has 108 valence electrons. The molecule has 2 aliphatic heterocycles. The van der Waals surface area contributed by atoms with Crippen LogP contribution in [0.5, 0.6) is 0 Å². The highest BCUT2D eigenvalue weighted by molar-refractivity contribution is 5.63. The molecule has 20 heavy (non-hydrogen) atoms. The van der Waals surface area contributed by atoms with Crippen LogP contribution in [0.2, 0.25) is 0 Å². The van der Waals surface area contributed by atoms with Crippen molar-refractivity contribution >= 4 is 6.16 Å². The molecule has 0 spiro atoms. The molecule has 0 saturated carbocycles. The van der Waals surface area contributed by atoms with Crippen molar-refractivity contribution in [3.05, 3.63) is 28.2 Å². The lowest BCUT2D eigenvalue weighted by Crippen LogP contribution is -2.36. The van der Waals surface area contributed by atoms with Crippen molar-refractivity contribution in [3.8, 4) is 0 Å². The number of aliphatic hydroxyl groups excluding tert-OH is 1. The molecular formula is C10H11N3O7. The van der Waals surface area contributed by atoms with E-state index in [1.165, 1.54) is 0 Å². The van der Waals surface area contributed by atoms with Crippen LogP contribution >= 0.6 is 0 Å². The largest absolute Gasteiger partial charge is 0.509 e. The van der Waals surface area contributed by atoms with Gasteiger partial charge in [0, 0.05) is 12.2 Å². The number of carbonyl (C=O) groups excluding carboxylic acids is 1. The van der Waals surface area contributed by atoms with Crippen LogP contribution < -0.4 is 11.2 Å². The van der Waals surface area contributed by atoms with Crippen molar-refractivity contribution in [2.24, 2.45) is 5.16 Å². The molecule has 2 saturated heterocycles. The summed E-state index contributed by atoms with van der Waals surface area (Å²) >= 11 is 0. The predicted molar refractivity (Wildman–Crippen MR) is 58.5 cm³/mol. The zero-order valence-electron chi connectivity index (χ0n) is 10.9. The minimum Gasteiger partial charge on any atom is -0.424 e. The predicted octanol–water partition coefficient (Wildman–Crippen LogP) is -1.74. The van der Waals surface area contributed by atoms with E-state index in [-0.39, 0.29) is 11.5 Å². The third-order valence-corrected chi connectivity index (χ3v) is 3.10. The molecule has 1 aromatic rings. The average molecular weight is 286 g/mol. The fraction of sp³-hybridized carbons (Fsp3) is 0.500. The van der Waals surface area contributed by atoms with Gasteiger partial charge in [-0.15, -0.1) is 0 Å². The van der Waals surface area contributed by atoms with E-state index in [9.17, 15) is 14.7 Å². The third-order valence-electron chi connectivity index (χ3n) is 3.10. The molecule has 4 atom stereocenters. The number of H-pyrrole nitrogens is 1. The summed E-state index contributed by atoms with van der Waals surface area (Å²) < 4.78 is 23.8. The van der Waals surface area contributed by atoms with E-state index in [4.69, 9.17) is 20.8 Å². The summed E-state index contributed by atoms with van der Waals surface area (Å²) in [5.41, 5.74) is -1.05. The maximum absolute atomic E-state index is 11.9. The van der Waals surface area contributed by atoms with Crippen molar-refractivity contribution in [3.63, 3.8) is 0 Å². The SMILES string of the molecule is [2H]c1cn([C@@H]2O[C@H](CO)[C@H]3OC(=O)O[C@H]32)c(=O)[nH]/c1=N\O. The quantitative estimate of drug-likeness (QED) is 0.333. The van der Waals surface area contributed by atoms with Crippen molar-refractivity contribution < 1.29 is 30.7 Å². The number of hydrogen-bond acceptors (Lipinski definition) is 8. The minimum absolute atomic E-state index is 0.269. The van der Waals surface area contributed by atoms with Crippen LogP contribution in [-0.4, -0.2) is 50.9 Å². The Morgan fingerprint density at radius 3 is 2.90 bits per heavy atom. The Hall–Kier alpha value is -2.33. The van der Waals surface area contributed by atoms with E-state index in [0.717, 1.165) is 10.8 Å². The number of fused-ring (bicyclic) bond motifs is 1. The van der Waals surface area contributed by atoms with Gasteiger partial charge in [-0.1, -0.05) is 5.16 Å². The second kappa shape index (κ2) is 4.65. The number of aromatic amines is 1. The van der Waals surface area contributed by atoms with E-state index in [1.54, 1.807) is 0 Å². The van der Waals surface area contributed by atoms with Gasteiger partial charge in [-0.05, 0) is 0 Å². The van der Waals surface area contributed by atoms with Crippen LogP contribution in [0.3, 0.4) is 0 Å². The topological polar surface area (TPSA) is 135 Å². The molecule has 0 unspecified atom stereocenters. The monoisotopic (exact) mass is 286 g/mol. The molecule has 1 aromatic heterocycles. The van der Waals surface area contributed by atoms with E-state index in [2.05, 4.69) is 10.1 Å². The van der Waals surface area contributed by atoms with Gasteiger partial charge in [0.1, 0.15) is 6.10 Å². The van der Waals surface area contributed by atoms with E-state index >= 15 is 0 Å². The van der Waals surface area contributed by atoms with E-state index in [0.29, 0.717) is 0 Å². The van der Waals surface area contributed by atoms with Gasteiger partial charge >= 0.3 is 11.8 Å². The van der Waals surface area contributed by atoms with Gasteiger partial charge in [-0.3, -0.25) is 9.55 Å². The number of aromatic nitrogens is 2. The summed E-state index contributed by atoms with van der Waals surface area (Å²) in [7, 11) is 0. The lowest BCUT2D eigenvalue weighted by atomic mass is 10.1. The third kappa shape index (κ3) is 1.85. The Morgan fingerprint density at radius 1 is 1.45 bits per heavy atom. The number of aliphatic hydroxyl groups is 1. The second-order valence-electron chi connectivity index (χ2n) is 4.22. The van der Waals surface area contributed by atoms with Crippen LogP contribution in [0.1, 0.15) is 7.60 Å². The Balaban J connectivity index is 2.03. The van der Waals surface area contributed by atoms with Crippen molar-refractivity contribution in [2.75, 3.05) is 6.61 Å². The summed E-state index contributed by atoms with van der Waals surface area (Å²) in [5, 5.41) is 20.6. The summed E-state index contributed by atoms with van der Waals surface area (Å²) in [4.78, 5) is 25.3. The molecule has 10 heteroatoms. The van der Waals surface area contributed by atoms with E-state index in [1.807, 2.05) is 0 Å². The van der Waals surface area contributed by atoms with Crippen molar-refractivity contribution in [1.82, 2.24) is 9.55 Å². The molecule has 2 fully saturated rings. The smallest absolute Gasteiger partial charge is 0.424 e. The Morgan fingerprint density at radius 2 is 2.20 bits per heavy atom. The zero-order valence-corrected chi connectivity index (χ0v) is 9.92.